The van der Waals surface area contributed by atoms with Gasteiger partial charge in [-0.1, -0.05) is 26.7 Å². The van der Waals surface area contributed by atoms with Crippen LogP contribution in [0.5, 0.6) is 0 Å². The van der Waals surface area contributed by atoms with Crippen LogP contribution in [0.25, 0.3) is 10.2 Å². The van der Waals surface area contributed by atoms with E-state index in [9.17, 15) is 4.79 Å². The molecule has 4 nitrogen and oxygen atoms in total. The summed E-state index contributed by atoms with van der Waals surface area (Å²) in [6.45, 7) is 6.53. The molecule has 5 heteroatoms. The van der Waals surface area contributed by atoms with Crippen LogP contribution in [-0.2, 0) is 4.74 Å². The Balaban J connectivity index is 1.59. The molecule has 1 aliphatic heterocycles. The van der Waals surface area contributed by atoms with Crippen molar-refractivity contribution in [2.75, 3.05) is 19.7 Å². The van der Waals surface area contributed by atoms with Crippen molar-refractivity contribution in [2.24, 2.45) is 5.92 Å². The molecular weight excluding hydrogens is 296 g/mol. The van der Waals surface area contributed by atoms with E-state index in [0.29, 0.717) is 25.4 Å². The summed E-state index contributed by atoms with van der Waals surface area (Å²) >= 11 is 1.66. The lowest BCUT2D eigenvalue weighted by Crippen LogP contribution is -2.45. The molecule has 1 aliphatic rings. The van der Waals surface area contributed by atoms with Crippen LogP contribution in [0.4, 0.5) is 0 Å². The van der Waals surface area contributed by atoms with Gasteiger partial charge < -0.3 is 14.6 Å². The number of aromatic amines is 1. The minimum Gasteiger partial charge on any atom is -0.375 e. The van der Waals surface area contributed by atoms with Crippen molar-refractivity contribution < 1.29 is 9.53 Å². The van der Waals surface area contributed by atoms with Gasteiger partial charge in [0.2, 0.25) is 0 Å². The first-order chi connectivity index (χ1) is 10.6. The zero-order valence-corrected chi connectivity index (χ0v) is 14.1. The van der Waals surface area contributed by atoms with Crippen molar-refractivity contribution >= 4 is 27.5 Å². The topological polar surface area (TPSA) is 45.3 Å². The van der Waals surface area contributed by atoms with Gasteiger partial charge in [0.25, 0.3) is 5.91 Å². The molecule has 1 saturated heterocycles. The number of thiophene rings is 1. The highest BCUT2D eigenvalue weighted by atomic mass is 32.1. The first-order valence-corrected chi connectivity index (χ1v) is 8.98. The third kappa shape index (κ3) is 3.52. The molecule has 2 aromatic heterocycles. The minimum absolute atomic E-state index is 0.0977. The lowest BCUT2D eigenvalue weighted by Gasteiger charge is -2.33. The van der Waals surface area contributed by atoms with Crippen LogP contribution < -0.4 is 0 Å². The molecule has 1 atom stereocenters. The number of carbonyl (C=O) groups is 1. The number of morpholine rings is 1. The van der Waals surface area contributed by atoms with E-state index in [0.717, 1.165) is 22.6 Å². The van der Waals surface area contributed by atoms with Crippen LogP contribution in [0.3, 0.4) is 0 Å². The van der Waals surface area contributed by atoms with E-state index in [1.165, 1.54) is 12.8 Å². The maximum atomic E-state index is 12.6. The molecule has 1 fully saturated rings. The summed E-state index contributed by atoms with van der Waals surface area (Å²) in [6.07, 6.45) is 3.62. The first-order valence-electron chi connectivity index (χ1n) is 8.10. The number of carbonyl (C=O) groups excluding carboxylic acids is 1. The highest BCUT2D eigenvalue weighted by Crippen LogP contribution is 2.23. The van der Waals surface area contributed by atoms with Gasteiger partial charge in [-0.3, -0.25) is 4.79 Å². The van der Waals surface area contributed by atoms with E-state index in [4.69, 9.17) is 4.74 Å². The van der Waals surface area contributed by atoms with Crippen LogP contribution >= 0.6 is 11.3 Å². The van der Waals surface area contributed by atoms with Gasteiger partial charge in [-0.25, -0.2) is 0 Å². The molecule has 22 heavy (non-hydrogen) atoms. The van der Waals surface area contributed by atoms with Gasteiger partial charge in [0, 0.05) is 13.1 Å². The summed E-state index contributed by atoms with van der Waals surface area (Å²) in [5, 5.41) is 2.04. The van der Waals surface area contributed by atoms with Crippen LogP contribution in [0.15, 0.2) is 17.5 Å². The Hall–Kier alpha value is -1.33. The summed E-state index contributed by atoms with van der Waals surface area (Å²) in [4.78, 5) is 17.8. The molecule has 3 heterocycles. The molecule has 1 amide bonds. The van der Waals surface area contributed by atoms with Gasteiger partial charge >= 0.3 is 0 Å². The Labute approximate surface area is 135 Å². The summed E-state index contributed by atoms with van der Waals surface area (Å²) in [5.41, 5.74) is 1.75. The Bertz CT molecular complexity index is 603. The van der Waals surface area contributed by atoms with Gasteiger partial charge in [-0.15, -0.1) is 11.3 Å². The predicted molar refractivity (Wildman–Crippen MR) is 90.5 cm³/mol. The standard InChI is InChI=1S/C17H24N2O2S/c1-12(2)4-3-5-13-11-19(7-8-21-13)17(20)15-10-16-14(18-15)6-9-22-16/h6,9-10,12-13,18H,3-5,7-8,11H2,1-2H3. The lowest BCUT2D eigenvalue weighted by atomic mass is 10.0. The second-order valence-electron chi connectivity index (χ2n) is 6.45. The third-order valence-corrected chi connectivity index (χ3v) is 5.07. The molecule has 0 bridgehead atoms. The van der Waals surface area contributed by atoms with Gasteiger partial charge in [0.05, 0.1) is 22.9 Å². The molecule has 0 aliphatic carbocycles. The van der Waals surface area contributed by atoms with Gasteiger partial charge in [-0.2, -0.15) is 0 Å². The monoisotopic (exact) mass is 320 g/mol. The molecule has 0 saturated carbocycles. The lowest BCUT2D eigenvalue weighted by molar-refractivity contribution is -0.0261. The molecule has 0 radical (unpaired) electrons. The van der Waals surface area contributed by atoms with Crippen molar-refractivity contribution in [3.8, 4) is 0 Å². The smallest absolute Gasteiger partial charge is 0.270 e. The van der Waals surface area contributed by atoms with Crippen molar-refractivity contribution in [1.29, 1.82) is 0 Å². The average Bonchev–Trinajstić information content (AvgIpc) is 3.07. The molecule has 0 aromatic carbocycles. The number of nitrogens with zero attached hydrogens (tertiary/aromatic N) is 1. The molecule has 3 rings (SSSR count). The number of hydrogen-bond acceptors (Lipinski definition) is 3. The number of rotatable bonds is 5. The van der Waals surface area contributed by atoms with Crippen molar-refractivity contribution in [2.45, 2.75) is 39.2 Å². The number of nitrogens with one attached hydrogen (secondary N) is 1. The number of fused-ring (bicyclic) bond motifs is 1. The molecular formula is C17H24N2O2S. The summed E-state index contributed by atoms with van der Waals surface area (Å²) in [7, 11) is 0. The molecule has 1 unspecified atom stereocenters. The van der Waals surface area contributed by atoms with E-state index in [-0.39, 0.29) is 12.0 Å². The molecule has 0 spiro atoms. The second-order valence-corrected chi connectivity index (χ2v) is 7.40. The van der Waals surface area contributed by atoms with Gasteiger partial charge in [-0.05, 0) is 29.9 Å². The Morgan fingerprint density at radius 1 is 1.55 bits per heavy atom. The Morgan fingerprint density at radius 3 is 3.18 bits per heavy atom. The predicted octanol–water partition coefficient (Wildman–Crippen LogP) is 3.90. The van der Waals surface area contributed by atoms with Crippen LogP contribution in [0, 0.1) is 5.92 Å². The highest BCUT2D eigenvalue weighted by Gasteiger charge is 2.25. The zero-order valence-electron chi connectivity index (χ0n) is 13.3. The average molecular weight is 320 g/mol. The molecule has 2 aromatic rings. The number of amides is 1. The van der Waals surface area contributed by atoms with Gasteiger partial charge in [0.1, 0.15) is 5.69 Å². The first kappa shape index (κ1) is 15.6. The normalized spacial score (nSPS) is 19.2. The number of ether oxygens (including phenoxy) is 1. The Morgan fingerprint density at radius 2 is 2.41 bits per heavy atom. The fourth-order valence-electron chi connectivity index (χ4n) is 2.97. The third-order valence-electron chi connectivity index (χ3n) is 4.20. The van der Waals surface area contributed by atoms with Crippen molar-refractivity contribution in [1.82, 2.24) is 9.88 Å². The fraction of sp³-hybridized carbons (Fsp3) is 0.588. The van der Waals surface area contributed by atoms with Crippen molar-refractivity contribution in [3.05, 3.63) is 23.2 Å². The minimum atomic E-state index is 0.0977. The van der Waals surface area contributed by atoms with E-state index in [1.54, 1.807) is 11.3 Å². The zero-order chi connectivity index (χ0) is 15.5. The number of hydrogen-bond donors (Lipinski definition) is 1. The quantitative estimate of drug-likeness (QED) is 0.908. The largest absolute Gasteiger partial charge is 0.375 e. The molecule has 1 N–H and O–H groups in total. The van der Waals surface area contributed by atoms with E-state index >= 15 is 0 Å². The van der Waals surface area contributed by atoms with Crippen LogP contribution in [0.1, 0.15) is 43.6 Å². The van der Waals surface area contributed by atoms with Gasteiger partial charge in [0.15, 0.2) is 0 Å². The van der Waals surface area contributed by atoms with Crippen LogP contribution in [0.2, 0.25) is 0 Å². The second kappa shape index (κ2) is 6.84. The van der Waals surface area contributed by atoms with E-state index in [2.05, 4.69) is 18.8 Å². The Kier molecular flexibility index (Phi) is 4.84. The fourth-order valence-corrected chi connectivity index (χ4v) is 3.75. The summed E-state index contributed by atoms with van der Waals surface area (Å²) < 4.78 is 6.96. The maximum absolute atomic E-state index is 12.6. The number of aromatic nitrogens is 1. The SMILES string of the molecule is CC(C)CCCC1CN(C(=O)c2cc3sccc3[nH]2)CCO1. The number of H-pyrrole nitrogens is 1. The summed E-state index contributed by atoms with van der Waals surface area (Å²) in [6, 6.07) is 3.98. The molecule has 120 valence electrons. The van der Waals surface area contributed by atoms with E-state index in [1.807, 2.05) is 22.4 Å². The maximum Gasteiger partial charge on any atom is 0.270 e. The summed E-state index contributed by atoms with van der Waals surface area (Å²) in [5.74, 6) is 0.828. The van der Waals surface area contributed by atoms with E-state index < -0.39 is 0 Å². The highest BCUT2D eigenvalue weighted by molar-refractivity contribution is 7.17. The van der Waals surface area contributed by atoms with Crippen molar-refractivity contribution in [3.63, 3.8) is 0 Å². The van der Waals surface area contributed by atoms with Crippen LogP contribution in [-0.4, -0.2) is 41.6 Å².